The predicted octanol–water partition coefficient (Wildman–Crippen LogP) is 1.86. The average Bonchev–Trinajstić information content (AvgIpc) is 3.18. The number of rotatable bonds is 4. The first-order chi connectivity index (χ1) is 15.0. The topological polar surface area (TPSA) is 94.9 Å². The van der Waals surface area contributed by atoms with Crippen LogP contribution < -0.4 is 10.5 Å². The number of hydrogen-bond donors (Lipinski definition) is 0. The smallest absolute Gasteiger partial charge is 0.280 e. The van der Waals surface area contributed by atoms with E-state index >= 15 is 0 Å². The first kappa shape index (κ1) is 18.2. The van der Waals surface area contributed by atoms with E-state index in [1.54, 1.807) is 30.9 Å². The minimum absolute atomic E-state index is 0.163. The summed E-state index contributed by atoms with van der Waals surface area (Å²) in [4.78, 5) is 27.7. The summed E-state index contributed by atoms with van der Waals surface area (Å²) >= 11 is 0. The third-order valence-electron chi connectivity index (χ3n) is 6.50. The van der Waals surface area contributed by atoms with Crippen molar-refractivity contribution < 1.29 is 8.91 Å². The Kier molecular flexibility index (Phi) is 3.80. The number of fused-ring (bicyclic) bond motifs is 2. The van der Waals surface area contributed by atoms with E-state index in [9.17, 15) is 9.18 Å². The second kappa shape index (κ2) is 6.47. The number of imidazole rings is 1. The van der Waals surface area contributed by atoms with Crippen LogP contribution in [0.5, 0.6) is 0 Å². The Morgan fingerprint density at radius 1 is 1.19 bits per heavy atom. The van der Waals surface area contributed by atoms with Crippen LogP contribution in [-0.4, -0.2) is 42.3 Å². The standard InChI is InChI=1S/C21H20FN7O2/c1-11-3-4-12(5-15(11)22)28-6-13-14(7-28)17(13)19-25-16(31-26-19)8-29-10-24-20-18(21(29)30)27(2)9-23-20/h3-5,9-10,13-14,17H,6-8H2,1-2H3. The van der Waals surface area contributed by atoms with Gasteiger partial charge in [0.05, 0.1) is 6.33 Å². The molecule has 1 aromatic carbocycles. The molecular weight excluding hydrogens is 401 g/mol. The maximum Gasteiger partial charge on any atom is 0.280 e. The minimum atomic E-state index is -0.200. The lowest BCUT2D eigenvalue weighted by Crippen LogP contribution is -2.24. The van der Waals surface area contributed by atoms with E-state index in [1.807, 2.05) is 12.1 Å². The zero-order valence-corrected chi connectivity index (χ0v) is 17.1. The molecule has 9 nitrogen and oxygen atoms in total. The van der Waals surface area contributed by atoms with E-state index in [1.165, 1.54) is 10.9 Å². The van der Waals surface area contributed by atoms with Crippen LogP contribution >= 0.6 is 0 Å². The molecule has 1 saturated carbocycles. The molecule has 1 aliphatic heterocycles. The number of benzene rings is 1. The van der Waals surface area contributed by atoms with Gasteiger partial charge < -0.3 is 14.0 Å². The molecule has 0 spiro atoms. The van der Waals surface area contributed by atoms with Crippen LogP contribution in [0, 0.1) is 24.6 Å². The van der Waals surface area contributed by atoms with Crippen LogP contribution in [0.1, 0.15) is 23.2 Å². The van der Waals surface area contributed by atoms with Crippen molar-refractivity contribution in [3.05, 3.63) is 64.3 Å². The van der Waals surface area contributed by atoms with Gasteiger partial charge >= 0.3 is 0 Å². The van der Waals surface area contributed by atoms with Crippen LogP contribution in [0.3, 0.4) is 0 Å². The fraction of sp³-hybridized carbons (Fsp3) is 0.381. The molecule has 0 N–H and O–H groups in total. The molecule has 1 saturated heterocycles. The first-order valence-corrected chi connectivity index (χ1v) is 10.2. The number of nitrogens with zero attached hydrogens (tertiary/aromatic N) is 7. The van der Waals surface area contributed by atoms with E-state index in [-0.39, 0.29) is 23.8 Å². The number of hydrogen-bond acceptors (Lipinski definition) is 7. The highest BCUT2D eigenvalue weighted by molar-refractivity contribution is 5.68. The van der Waals surface area contributed by atoms with E-state index < -0.39 is 0 Å². The minimum Gasteiger partial charge on any atom is -0.371 e. The number of halogens is 1. The number of aromatic nitrogens is 6. The lowest BCUT2D eigenvalue weighted by molar-refractivity contribution is 0.363. The van der Waals surface area contributed by atoms with Crippen LogP contribution in [-0.2, 0) is 13.6 Å². The third kappa shape index (κ3) is 2.85. The molecule has 0 bridgehead atoms. The van der Waals surface area contributed by atoms with Crippen LogP contribution in [0.2, 0.25) is 0 Å². The van der Waals surface area contributed by atoms with Gasteiger partial charge in [-0.05, 0) is 36.5 Å². The molecule has 31 heavy (non-hydrogen) atoms. The lowest BCUT2D eigenvalue weighted by Gasteiger charge is -2.21. The number of anilines is 1. The third-order valence-corrected chi connectivity index (χ3v) is 6.50. The normalized spacial score (nSPS) is 22.3. The summed E-state index contributed by atoms with van der Waals surface area (Å²) in [5, 5.41) is 4.16. The van der Waals surface area contributed by atoms with E-state index in [2.05, 4.69) is 25.0 Å². The van der Waals surface area contributed by atoms with Gasteiger partial charge in [0.25, 0.3) is 5.56 Å². The Morgan fingerprint density at radius 2 is 1.97 bits per heavy atom. The SMILES string of the molecule is Cc1ccc(N2CC3C(C2)C3c2noc(Cn3cnc4ncn(C)c4c3=O)n2)cc1F. The Morgan fingerprint density at radius 3 is 2.74 bits per heavy atom. The quantitative estimate of drug-likeness (QED) is 0.496. The van der Waals surface area contributed by atoms with Crippen LogP contribution in [0.25, 0.3) is 11.2 Å². The molecule has 158 valence electrons. The Labute approximate surface area is 176 Å². The van der Waals surface area contributed by atoms with Crippen molar-refractivity contribution >= 4 is 16.9 Å². The zero-order valence-electron chi connectivity index (χ0n) is 17.1. The van der Waals surface area contributed by atoms with Gasteiger partial charge in [-0.1, -0.05) is 11.2 Å². The summed E-state index contributed by atoms with van der Waals surface area (Å²) in [5.74, 6) is 2.00. The van der Waals surface area contributed by atoms with Crippen LogP contribution in [0.4, 0.5) is 10.1 Å². The van der Waals surface area contributed by atoms with Crippen molar-refractivity contribution in [1.29, 1.82) is 0 Å². The molecule has 4 aromatic rings. The molecule has 2 unspecified atom stereocenters. The fourth-order valence-electron chi connectivity index (χ4n) is 4.70. The summed E-state index contributed by atoms with van der Waals surface area (Å²) in [6, 6.07) is 5.39. The number of aryl methyl sites for hydroxylation is 2. The maximum atomic E-state index is 13.9. The highest BCUT2D eigenvalue weighted by atomic mass is 19.1. The van der Waals surface area contributed by atoms with Gasteiger partial charge in [0, 0.05) is 31.7 Å². The summed E-state index contributed by atoms with van der Waals surface area (Å²) < 4.78 is 22.4. The van der Waals surface area contributed by atoms with Crippen molar-refractivity contribution in [2.75, 3.05) is 18.0 Å². The summed E-state index contributed by atoms with van der Waals surface area (Å²) in [5.41, 5.74) is 2.22. The first-order valence-electron chi connectivity index (χ1n) is 10.2. The zero-order chi connectivity index (χ0) is 21.3. The van der Waals surface area contributed by atoms with Gasteiger partial charge in [-0.15, -0.1) is 0 Å². The largest absolute Gasteiger partial charge is 0.371 e. The van der Waals surface area contributed by atoms with Crippen LogP contribution in [0.15, 0.2) is 40.2 Å². The Bertz CT molecular complexity index is 1360. The summed E-state index contributed by atoms with van der Waals surface area (Å²) in [6.45, 7) is 3.63. The van der Waals surface area contributed by atoms with Gasteiger partial charge in [0.1, 0.15) is 18.7 Å². The second-order valence-corrected chi connectivity index (χ2v) is 8.44. The highest BCUT2D eigenvalue weighted by Gasteiger charge is 2.58. The summed E-state index contributed by atoms with van der Waals surface area (Å²) in [7, 11) is 1.76. The molecule has 10 heteroatoms. The molecule has 1 aliphatic carbocycles. The molecule has 2 fully saturated rings. The average molecular weight is 421 g/mol. The van der Waals surface area contributed by atoms with Gasteiger partial charge in [0.2, 0.25) is 5.89 Å². The number of piperidine rings is 1. The summed E-state index contributed by atoms with van der Waals surface area (Å²) in [6.07, 6.45) is 3.01. The molecule has 3 aromatic heterocycles. The van der Waals surface area contributed by atoms with Gasteiger partial charge in [-0.3, -0.25) is 9.36 Å². The lowest BCUT2D eigenvalue weighted by atomic mass is 10.2. The molecule has 2 aliphatic rings. The van der Waals surface area contributed by atoms with E-state index in [0.717, 1.165) is 18.8 Å². The molecule has 2 atom stereocenters. The second-order valence-electron chi connectivity index (χ2n) is 8.44. The van der Waals surface area contributed by atoms with E-state index in [0.29, 0.717) is 40.3 Å². The highest BCUT2D eigenvalue weighted by Crippen LogP contribution is 2.57. The van der Waals surface area contributed by atoms with Crippen molar-refractivity contribution in [2.45, 2.75) is 19.4 Å². The van der Waals surface area contributed by atoms with Crippen molar-refractivity contribution in [1.82, 2.24) is 29.2 Å². The van der Waals surface area contributed by atoms with Crippen molar-refractivity contribution in [3.8, 4) is 0 Å². The molecule has 0 radical (unpaired) electrons. The van der Waals surface area contributed by atoms with Crippen molar-refractivity contribution in [2.24, 2.45) is 18.9 Å². The van der Waals surface area contributed by atoms with Gasteiger partial charge in [-0.25, -0.2) is 14.4 Å². The Hall–Kier alpha value is -3.56. The molecular formula is C21H20FN7O2. The predicted molar refractivity (Wildman–Crippen MR) is 109 cm³/mol. The molecule has 6 rings (SSSR count). The fourth-order valence-corrected chi connectivity index (χ4v) is 4.70. The maximum absolute atomic E-state index is 13.9. The van der Waals surface area contributed by atoms with Gasteiger partial charge in [-0.2, -0.15) is 4.98 Å². The monoisotopic (exact) mass is 421 g/mol. The molecule has 4 heterocycles. The Balaban J connectivity index is 1.16. The molecule has 0 amide bonds. The van der Waals surface area contributed by atoms with Crippen molar-refractivity contribution in [3.63, 3.8) is 0 Å². The van der Waals surface area contributed by atoms with E-state index in [4.69, 9.17) is 4.52 Å². The van der Waals surface area contributed by atoms with Gasteiger partial charge in [0.15, 0.2) is 17.0 Å².